The molecule has 0 radical (unpaired) electrons. The van der Waals surface area contributed by atoms with Crippen molar-refractivity contribution in [2.24, 2.45) is 0 Å². The molecule has 0 bridgehead atoms. The van der Waals surface area contributed by atoms with Gasteiger partial charge in [0.25, 0.3) is 5.91 Å². The lowest BCUT2D eigenvalue weighted by atomic mass is 10.1. The maximum absolute atomic E-state index is 12.9. The van der Waals surface area contributed by atoms with Crippen LogP contribution in [-0.4, -0.2) is 12.5 Å². The number of benzene rings is 3. The van der Waals surface area contributed by atoms with Gasteiger partial charge < -0.3 is 4.90 Å². The van der Waals surface area contributed by atoms with Crippen LogP contribution in [0.1, 0.15) is 10.4 Å². The average molecular weight is 287 g/mol. The molecule has 0 N–H and O–H groups in total. The van der Waals surface area contributed by atoms with Crippen molar-refractivity contribution in [3.05, 3.63) is 91.0 Å². The smallest absolute Gasteiger partial charge is 0.258 e. The number of anilines is 1. The van der Waals surface area contributed by atoms with E-state index in [-0.39, 0.29) is 5.91 Å². The summed E-state index contributed by atoms with van der Waals surface area (Å²) in [7, 11) is 0. The van der Waals surface area contributed by atoms with Crippen molar-refractivity contribution >= 4 is 22.4 Å². The van der Waals surface area contributed by atoms with Gasteiger partial charge in [-0.15, -0.1) is 6.58 Å². The van der Waals surface area contributed by atoms with Gasteiger partial charge in [-0.3, -0.25) is 4.79 Å². The number of hydrogen-bond donors (Lipinski definition) is 0. The van der Waals surface area contributed by atoms with Crippen LogP contribution in [0.15, 0.2) is 85.5 Å². The fraction of sp³-hybridized carbons (Fsp3) is 0.0500. The lowest BCUT2D eigenvalue weighted by Gasteiger charge is -2.21. The highest BCUT2D eigenvalue weighted by Gasteiger charge is 2.16. The summed E-state index contributed by atoms with van der Waals surface area (Å²) in [4.78, 5) is 14.6. The quantitative estimate of drug-likeness (QED) is 0.638. The Morgan fingerprint density at radius 2 is 1.59 bits per heavy atom. The predicted molar refractivity (Wildman–Crippen MR) is 92.3 cm³/mol. The molecular weight excluding hydrogens is 270 g/mol. The highest BCUT2D eigenvalue weighted by atomic mass is 16.2. The van der Waals surface area contributed by atoms with Crippen molar-refractivity contribution in [2.75, 3.05) is 11.4 Å². The molecule has 1 amide bonds. The van der Waals surface area contributed by atoms with E-state index in [0.29, 0.717) is 12.1 Å². The van der Waals surface area contributed by atoms with E-state index in [2.05, 4.69) is 6.58 Å². The molecular formula is C20H17NO. The lowest BCUT2D eigenvalue weighted by Crippen LogP contribution is -2.30. The van der Waals surface area contributed by atoms with Gasteiger partial charge in [-0.2, -0.15) is 0 Å². The zero-order valence-electron chi connectivity index (χ0n) is 12.3. The third-order valence-electron chi connectivity index (χ3n) is 3.62. The van der Waals surface area contributed by atoms with Crippen LogP contribution in [0.25, 0.3) is 10.8 Å². The molecule has 0 aromatic heterocycles. The Labute approximate surface area is 130 Å². The van der Waals surface area contributed by atoms with Crippen molar-refractivity contribution in [1.29, 1.82) is 0 Å². The fourth-order valence-corrected chi connectivity index (χ4v) is 2.52. The van der Waals surface area contributed by atoms with E-state index >= 15 is 0 Å². The van der Waals surface area contributed by atoms with Crippen molar-refractivity contribution < 1.29 is 4.79 Å². The number of carbonyl (C=O) groups excluding carboxylic acids is 1. The van der Waals surface area contributed by atoms with E-state index < -0.39 is 0 Å². The molecule has 3 rings (SSSR count). The second kappa shape index (κ2) is 6.27. The Bertz CT molecular complexity index is 808. The Morgan fingerprint density at radius 3 is 2.32 bits per heavy atom. The third-order valence-corrected chi connectivity index (χ3v) is 3.62. The standard InChI is InChI=1S/C20H17NO/c1-2-14-21(19-10-4-3-5-11-19)20(22)18-13-12-16-8-6-7-9-17(16)15-18/h2-13,15H,1,14H2. The van der Waals surface area contributed by atoms with Crippen molar-refractivity contribution in [2.45, 2.75) is 0 Å². The summed E-state index contributed by atoms with van der Waals surface area (Å²) in [5, 5.41) is 2.20. The Kier molecular flexibility index (Phi) is 4.01. The normalized spacial score (nSPS) is 10.4. The van der Waals surface area contributed by atoms with Crippen LogP contribution in [0.4, 0.5) is 5.69 Å². The van der Waals surface area contributed by atoms with Crippen LogP contribution >= 0.6 is 0 Å². The Morgan fingerprint density at radius 1 is 0.909 bits per heavy atom. The zero-order chi connectivity index (χ0) is 15.4. The minimum Gasteiger partial charge on any atom is -0.305 e. The van der Waals surface area contributed by atoms with Crippen LogP contribution in [-0.2, 0) is 0 Å². The molecule has 0 aliphatic rings. The molecule has 0 aliphatic carbocycles. The second-order valence-corrected chi connectivity index (χ2v) is 5.10. The number of amides is 1. The monoisotopic (exact) mass is 287 g/mol. The molecule has 3 aromatic carbocycles. The van der Waals surface area contributed by atoms with E-state index in [1.165, 1.54) is 0 Å². The van der Waals surface area contributed by atoms with E-state index in [1.807, 2.05) is 72.8 Å². The van der Waals surface area contributed by atoms with E-state index in [1.54, 1.807) is 11.0 Å². The van der Waals surface area contributed by atoms with Crippen molar-refractivity contribution in [3.8, 4) is 0 Å². The van der Waals surface area contributed by atoms with Gasteiger partial charge in [0.15, 0.2) is 0 Å². The van der Waals surface area contributed by atoms with Gasteiger partial charge in [0.1, 0.15) is 0 Å². The Hall–Kier alpha value is -2.87. The van der Waals surface area contributed by atoms with Gasteiger partial charge >= 0.3 is 0 Å². The molecule has 0 fully saturated rings. The maximum atomic E-state index is 12.9. The molecule has 0 spiro atoms. The van der Waals surface area contributed by atoms with E-state index in [0.717, 1.165) is 16.5 Å². The SMILES string of the molecule is C=CCN(C(=O)c1ccc2ccccc2c1)c1ccccc1. The molecule has 2 heteroatoms. The van der Waals surface area contributed by atoms with Gasteiger partial charge in [0.2, 0.25) is 0 Å². The minimum absolute atomic E-state index is 0.0168. The number of nitrogens with zero attached hydrogens (tertiary/aromatic N) is 1. The topological polar surface area (TPSA) is 20.3 Å². The van der Waals surface area contributed by atoms with Gasteiger partial charge in [-0.05, 0) is 35.0 Å². The van der Waals surface area contributed by atoms with Crippen molar-refractivity contribution in [1.82, 2.24) is 0 Å². The first kappa shape index (κ1) is 14.1. The van der Waals surface area contributed by atoms with Crippen LogP contribution in [0.2, 0.25) is 0 Å². The molecule has 108 valence electrons. The number of fused-ring (bicyclic) bond motifs is 1. The van der Waals surface area contributed by atoms with Gasteiger partial charge in [0.05, 0.1) is 0 Å². The molecule has 2 nitrogen and oxygen atoms in total. The van der Waals surface area contributed by atoms with E-state index in [4.69, 9.17) is 0 Å². The third kappa shape index (κ3) is 2.77. The largest absolute Gasteiger partial charge is 0.305 e. The van der Waals surface area contributed by atoms with Gasteiger partial charge in [-0.25, -0.2) is 0 Å². The summed E-state index contributed by atoms with van der Waals surface area (Å²) in [6, 6.07) is 23.5. The average Bonchev–Trinajstić information content (AvgIpc) is 2.59. The summed E-state index contributed by atoms with van der Waals surface area (Å²) in [5.41, 5.74) is 1.56. The molecule has 0 atom stereocenters. The highest BCUT2D eigenvalue weighted by molar-refractivity contribution is 6.08. The van der Waals surface area contributed by atoms with E-state index in [9.17, 15) is 4.79 Å². The lowest BCUT2D eigenvalue weighted by molar-refractivity contribution is 0.0990. The number of rotatable bonds is 4. The van der Waals surface area contributed by atoms with Crippen LogP contribution < -0.4 is 4.90 Å². The molecule has 0 saturated heterocycles. The van der Waals surface area contributed by atoms with Gasteiger partial charge in [-0.1, -0.05) is 54.6 Å². The summed E-state index contributed by atoms with van der Waals surface area (Å²) in [6.07, 6.45) is 1.74. The first-order valence-electron chi connectivity index (χ1n) is 7.26. The van der Waals surface area contributed by atoms with Crippen LogP contribution in [0.5, 0.6) is 0 Å². The maximum Gasteiger partial charge on any atom is 0.258 e. The Balaban J connectivity index is 2.00. The first-order chi connectivity index (χ1) is 10.8. The fourth-order valence-electron chi connectivity index (χ4n) is 2.52. The van der Waals surface area contributed by atoms with Crippen LogP contribution in [0.3, 0.4) is 0 Å². The zero-order valence-corrected chi connectivity index (χ0v) is 12.3. The van der Waals surface area contributed by atoms with Crippen LogP contribution in [0, 0.1) is 0 Å². The van der Waals surface area contributed by atoms with Gasteiger partial charge in [0, 0.05) is 17.8 Å². The summed E-state index contributed by atoms with van der Waals surface area (Å²) < 4.78 is 0. The molecule has 3 aromatic rings. The number of para-hydroxylation sites is 1. The summed E-state index contributed by atoms with van der Waals surface area (Å²) in [5.74, 6) is -0.0168. The highest BCUT2D eigenvalue weighted by Crippen LogP contribution is 2.20. The summed E-state index contributed by atoms with van der Waals surface area (Å²) >= 11 is 0. The number of carbonyl (C=O) groups is 1. The molecule has 0 heterocycles. The number of hydrogen-bond acceptors (Lipinski definition) is 1. The molecule has 0 unspecified atom stereocenters. The molecule has 0 saturated carbocycles. The first-order valence-corrected chi connectivity index (χ1v) is 7.26. The molecule has 22 heavy (non-hydrogen) atoms. The predicted octanol–water partition coefficient (Wildman–Crippen LogP) is 4.67. The molecule has 0 aliphatic heterocycles. The minimum atomic E-state index is -0.0168. The summed E-state index contributed by atoms with van der Waals surface area (Å²) in [6.45, 7) is 4.24. The second-order valence-electron chi connectivity index (χ2n) is 5.10. The van der Waals surface area contributed by atoms with Crippen molar-refractivity contribution in [3.63, 3.8) is 0 Å².